The van der Waals surface area contributed by atoms with E-state index in [-0.39, 0.29) is 5.92 Å². The van der Waals surface area contributed by atoms with Gasteiger partial charge < -0.3 is 19.2 Å². The molecule has 0 radical (unpaired) electrons. The molecule has 0 aromatic heterocycles. The number of hydrogen-bond acceptors (Lipinski definition) is 3. The molecule has 2 N–H and O–H groups in total. The fourth-order valence-electron chi connectivity index (χ4n) is 3.77. The number of quaternary nitrogens is 1. The monoisotopic (exact) mass is 420 g/mol. The van der Waals surface area contributed by atoms with Crippen LogP contribution >= 0.6 is 0 Å². The zero-order valence-corrected chi connectivity index (χ0v) is 19.3. The van der Waals surface area contributed by atoms with Crippen LogP contribution < -0.4 is 0 Å². The number of hydrogen-bond donors (Lipinski definition) is 2. The van der Waals surface area contributed by atoms with E-state index in [9.17, 15) is 10.0 Å². The first-order chi connectivity index (χ1) is 14.7. The maximum Gasteiger partial charge on any atom is 0.634 e. The van der Waals surface area contributed by atoms with Gasteiger partial charge in [0.1, 0.15) is 5.60 Å². The molecule has 31 heavy (non-hydrogen) atoms. The Labute approximate surface area is 187 Å². The lowest BCUT2D eigenvalue weighted by atomic mass is 9.71. The van der Waals surface area contributed by atoms with Gasteiger partial charge in [0.2, 0.25) is 0 Å². The standard InChI is InChI=1S/C22H23BO3.C4H12N/c1-2-21(18-12-6-3-7-13-18)22(26-23(24)25,19-14-8-4-9-15-19)20-16-10-5-11-17-20;1-5(2,3)4/h3-17,21,24-25H,2H2,1H3;1-4H3/q;+1. The molecule has 0 bridgehead atoms. The average molecular weight is 420 g/mol. The van der Waals surface area contributed by atoms with Gasteiger partial charge in [0.25, 0.3) is 0 Å². The maximum absolute atomic E-state index is 9.84. The van der Waals surface area contributed by atoms with Gasteiger partial charge >= 0.3 is 7.32 Å². The molecule has 1 atom stereocenters. The minimum absolute atomic E-state index is 0.102. The largest absolute Gasteiger partial charge is 0.634 e. The van der Waals surface area contributed by atoms with Crippen LogP contribution in [0.3, 0.4) is 0 Å². The van der Waals surface area contributed by atoms with Crippen molar-refractivity contribution < 1.29 is 19.2 Å². The van der Waals surface area contributed by atoms with Crippen LogP contribution in [0.1, 0.15) is 36.0 Å². The summed E-state index contributed by atoms with van der Waals surface area (Å²) in [6.45, 7) is 2.09. The second kappa shape index (κ2) is 11.3. The highest BCUT2D eigenvalue weighted by atomic mass is 16.6. The zero-order valence-electron chi connectivity index (χ0n) is 19.3. The summed E-state index contributed by atoms with van der Waals surface area (Å²) in [5, 5.41) is 19.7. The highest BCUT2D eigenvalue weighted by molar-refractivity contribution is 6.32. The lowest BCUT2D eigenvalue weighted by Crippen LogP contribution is -2.43. The van der Waals surface area contributed by atoms with E-state index < -0.39 is 12.9 Å². The lowest BCUT2D eigenvalue weighted by molar-refractivity contribution is -0.849. The smallest absolute Gasteiger partial charge is 0.402 e. The van der Waals surface area contributed by atoms with Gasteiger partial charge in [-0.05, 0) is 23.1 Å². The number of nitrogens with zero attached hydrogens (tertiary/aromatic N) is 1. The van der Waals surface area contributed by atoms with Crippen LogP contribution in [0.4, 0.5) is 0 Å². The first kappa shape index (κ1) is 24.8. The van der Waals surface area contributed by atoms with E-state index in [0.717, 1.165) is 27.6 Å². The minimum Gasteiger partial charge on any atom is -0.402 e. The third-order valence-corrected chi connectivity index (χ3v) is 4.80. The van der Waals surface area contributed by atoms with Crippen LogP contribution in [0, 0.1) is 0 Å². The molecule has 3 aromatic rings. The SMILES string of the molecule is CCC(c1ccccc1)C(OB(O)O)(c1ccccc1)c1ccccc1.C[N+](C)(C)C. The topological polar surface area (TPSA) is 49.7 Å². The van der Waals surface area contributed by atoms with Gasteiger partial charge in [-0.25, -0.2) is 0 Å². The van der Waals surface area contributed by atoms with Crippen LogP contribution in [-0.4, -0.2) is 50.0 Å². The number of benzene rings is 3. The van der Waals surface area contributed by atoms with E-state index in [2.05, 4.69) is 47.2 Å². The Hall–Kier alpha value is -2.44. The Balaban J connectivity index is 0.000000614. The van der Waals surface area contributed by atoms with E-state index in [4.69, 9.17) is 4.65 Å². The highest BCUT2D eigenvalue weighted by Gasteiger charge is 2.45. The summed E-state index contributed by atoms with van der Waals surface area (Å²) in [6.07, 6.45) is 0.764. The van der Waals surface area contributed by atoms with Crippen molar-refractivity contribution in [1.29, 1.82) is 0 Å². The fourth-order valence-corrected chi connectivity index (χ4v) is 3.77. The summed E-state index contributed by atoms with van der Waals surface area (Å²) < 4.78 is 6.93. The van der Waals surface area contributed by atoms with E-state index >= 15 is 0 Å². The quantitative estimate of drug-likeness (QED) is 0.439. The molecule has 0 aliphatic rings. The zero-order chi connectivity index (χ0) is 22.9. The first-order valence-corrected chi connectivity index (χ1v) is 10.7. The summed E-state index contributed by atoms with van der Waals surface area (Å²) in [5.41, 5.74) is 1.83. The Bertz CT molecular complexity index is 835. The van der Waals surface area contributed by atoms with Crippen LogP contribution in [-0.2, 0) is 10.3 Å². The van der Waals surface area contributed by atoms with Crippen LogP contribution in [0.5, 0.6) is 0 Å². The predicted octanol–water partition coefficient (Wildman–Crippen LogP) is 4.43. The van der Waals surface area contributed by atoms with E-state index in [0.29, 0.717) is 0 Å². The highest BCUT2D eigenvalue weighted by Crippen LogP contribution is 2.47. The molecule has 0 fully saturated rings. The van der Waals surface area contributed by atoms with Gasteiger partial charge in [0, 0.05) is 5.92 Å². The second-order valence-electron chi connectivity index (χ2n) is 8.97. The van der Waals surface area contributed by atoms with E-state index in [1.165, 1.54) is 0 Å². The van der Waals surface area contributed by atoms with Gasteiger partial charge in [-0.1, -0.05) is 97.9 Å². The second-order valence-corrected chi connectivity index (χ2v) is 8.97. The third-order valence-electron chi connectivity index (χ3n) is 4.80. The molecule has 5 heteroatoms. The Kier molecular flexibility index (Phi) is 9.02. The summed E-state index contributed by atoms with van der Waals surface area (Å²) in [5.74, 6) is -0.102. The van der Waals surface area contributed by atoms with Gasteiger partial charge in [-0.15, -0.1) is 0 Å². The van der Waals surface area contributed by atoms with Crippen molar-refractivity contribution in [2.45, 2.75) is 24.9 Å². The van der Waals surface area contributed by atoms with Gasteiger partial charge in [0.05, 0.1) is 28.2 Å². The fraction of sp³-hybridized carbons (Fsp3) is 0.308. The van der Waals surface area contributed by atoms with Crippen LogP contribution in [0.25, 0.3) is 0 Å². The summed E-state index contributed by atoms with van der Waals surface area (Å²) in [6, 6.07) is 29.6. The molecular weight excluding hydrogens is 385 g/mol. The number of rotatable bonds is 7. The van der Waals surface area contributed by atoms with Crippen LogP contribution in [0.2, 0.25) is 0 Å². The van der Waals surface area contributed by atoms with E-state index in [1.54, 1.807) is 0 Å². The van der Waals surface area contributed by atoms with E-state index in [1.807, 2.05) is 78.9 Å². The van der Waals surface area contributed by atoms with Crippen molar-refractivity contribution in [2.24, 2.45) is 0 Å². The molecule has 0 aliphatic heterocycles. The Morgan fingerprint density at radius 1 is 0.742 bits per heavy atom. The molecule has 0 spiro atoms. The molecule has 164 valence electrons. The molecule has 4 nitrogen and oxygen atoms in total. The molecule has 0 heterocycles. The van der Waals surface area contributed by atoms with Crippen molar-refractivity contribution in [3.8, 4) is 0 Å². The predicted molar refractivity (Wildman–Crippen MR) is 128 cm³/mol. The maximum atomic E-state index is 9.84. The molecule has 0 aliphatic carbocycles. The van der Waals surface area contributed by atoms with Crippen molar-refractivity contribution in [2.75, 3.05) is 28.2 Å². The summed E-state index contributed by atoms with van der Waals surface area (Å²) >= 11 is 0. The van der Waals surface area contributed by atoms with Crippen molar-refractivity contribution in [1.82, 2.24) is 0 Å². The molecule has 0 saturated carbocycles. The van der Waals surface area contributed by atoms with Gasteiger partial charge in [-0.2, -0.15) is 0 Å². The van der Waals surface area contributed by atoms with Gasteiger partial charge in [0.15, 0.2) is 0 Å². The molecule has 0 saturated heterocycles. The summed E-state index contributed by atoms with van der Waals surface area (Å²) in [4.78, 5) is 0. The molecule has 0 amide bonds. The van der Waals surface area contributed by atoms with Crippen LogP contribution in [0.15, 0.2) is 91.0 Å². The van der Waals surface area contributed by atoms with Gasteiger partial charge in [-0.3, -0.25) is 0 Å². The molecule has 3 aromatic carbocycles. The molecular formula is C26H35BNO3+. The Morgan fingerprint density at radius 2 is 1.10 bits per heavy atom. The van der Waals surface area contributed by atoms with Crippen molar-refractivity contribution in [3.63, 3.8) is 0 Å². The molecule has 3 rings (SSSR count). The summed E-state index contributed by atoms with van der Waals surface area (Å²) in [7, 11) is 6.60. The average Bonchev–Trinajstić information content (AvgIpc) is 2.74. The third kappa shape index (κ3) is 7.05. The first-order valence-electron chi connectivity index (χ1n) is 10.7. The lowest BCUT2D eigenvalue weighted by Gasteiger charge is -2.42. The minimum atomic E-state index is -1.90. The normalized spacial score (nSPS) is 12.5. The molecule has 1 unspecified atom stereocenters. The van der Waals surface area contributed by atoms with Crippen molar-refractivity contribution in [3.05, 3.63) is 108 Å². The van der Waals surface area contributed by atoms with Crippen molar-refractivity contribution >= 4 is 7.32 Å². The Morgan fingerprint density at radius 3 is 1.42 bits per heavy atom.